The van der Waals surface area contributed by atoms with Crippen molar-refractivity contribution in [2.75, 3.05) is 77.5 Å². The molecule has 0 rings (SSSR count). The third kappa shape index (κ3) is 38.3. The van der Waals surface area contributed by atoms with E-state index >= 15 is 0 Å². The molecule has 0 aliphatic carbocycles. The summed E-state index contributed by atoms with van der Waals surface area (Å²) in [5.41, 5.74) is 5.36. The number of carbonyl (C=O) groups excluding carboxylic acids is 1. The monoisotopic (exact) mass is 735 g/mol. The van der Waals surface area contributed by atoms with Crippen LogP contribution in [0.25, 0.3) is 0 Å². The molecule has 0 aliphatic rings. The van der Waals surface area contributed by atoms with E-state index in [9.17, 15) is 9.59 Å². The zero-order chi connectivity index (χ0) is 36.6. The van der Waals surface area contributed by atoms with Crippen molar-refractivity contribution >= 4 is 23.6 Å². The van der Waals surface area contributed by atoms with Crippen LogP contribution in [0.5, 0.6) is 0 Å². The number of hydrogen-bond donors (Lipinski definition) is 3. The maximum atomic E-state index is 12.3. The number of unbranched alkanes of at least 4 members (excludes halogenated alkanes) is 18. The molecule has 0 aliphatic heterocycles. The molecule has 298 valence electrons. The Hall–Kier alpha value is -0.950. The van der Waals surface area contributed by atoms with E-state index in [0.717, 1.165) is 37.6 Å². The summed E-state index contributed by atoms with van der Waals surface area (Å²) < 4.78 is 28.3. The average Bonchev–Trinajstić information content (AvgIpc) is 3.11. The number of nitrogens with one attached hydrogen (secondary N) is 1. The number of rotatable bonds is 42. The zero-order valence-corrected chi connectivity index (χ0v) is 33.1. The highest BCUT2D eigenvalue weighted by Crippen LogP contribution is 2.14. The molecule has 10 nitrogen and oxygen atoms in total. The number of ether oxygens (including phenoxy) is 5. The van der Waals surface area contributed by atoms with Crippen molar-refractivity contribution in [1.29, 1.82) is 0 Å². The molecule has 0 radical (unpaired) electrons. The maximum Gasteiger partial charge on any atom is 0.322 e. The van der Waals surface area contributed by atoms with Crippen molar-refractivity contribution < 1.29 is 38.4 Å². The Morgan fingerprint density at radius 2 is 1.06 bits per heavy atom. The molecule has 2 unspecified atom stereocenters. The van der Waals surface area contributed by atoms with Crippen LogP contribution in [0.2, 0.25) is 0 Å². The molecular weight excluding hydrogens is 657 g/mol. The minimum atomic E-state index is -1.09. The van der Waals surface area contributed by atoms with Crippen molar-refractivity contribution in [3.05, 3.63) is 0 Å². The van der Waals surface area contributed by atoms with E-state index in [1.54, 1.807) is 11.8 Å². The van der Waals surface area contributed by atoms with Crippen molar-refractivity contribution in [3.8, 4) is 0 Å². The fourth-order valence-electron chi connectivity index (χ4n) is 5.34. The number of hydrogen-bond acceptors (Lipinski definition) is 9. The topological polar surface area (TPSA) is 139 Å². The van der Waals surface area contributed by atoms with Crippen LogP contribution in [-0.4, -0.2) is 107 Å². The summed E-state index contributed by atoms with van der Waals surface area (Å²) in [4.78, 5) is 22.9. The lowest BCUT2D eigenvalue weighted by molar-refractivity contribution is -0.140. The SMILES string of the molecule is CCCCCCCCCCCCOCC(CSCCC(=O)NCCOCCOCCOCC(N)C(=O)O)OCCCCCCCCCCCC. The summed E-state index contributed by atoms with van der Waals surface area (Å²) in [7, 11) is 0. The fraction of sp³-hybridized carbons (Fsp3) is 0.949. The van der Waals surface area contributed by atoms with Crippen LogP contribution in [0.3, 0.4) is 0 Å². The first-order chi connectivity index (χ1) is 24.5. The summed E-state index contributed by atoms with van der Waals surface area (Å²) in [5.74, 6) is 0.517. The Balaban J connectivity index is 4.01. The molecule has 0 aromatic heterocycles. The molecule has 0 heterocycles. The Labute approximate surface area is 310 Å². The Morgan fingerprint density at radius 3 is 1.60 bits per heavy atom. The summed E-state index contributed by atoms with van der Waals surface area (Å²) in [6, 6.07) is -1.02. The van der Waals surface area contributed by atoms with Gasteiger partial charge in [-0.3, -0.25) is 9.59 Å². The molecule has 0 aromatic rings. The highest BCUT2D eigenvalue weighted by atomic mass is 32.2. The Morgan fingerprint density at radius 1 is 0.600 bits per heavy atom. The van der Waals surface area contributed by atoms with Crippen molar-refractivity contribution in [1.82, 2.24) is 5.32 Å². The van der Waals surface area contributed by atoms with E-state index < -0.39 is 12.0 Å². The quantitative estimate of drug-likeness (QED) is 0.0530. The lowest BCUT2D eigenvalue weighted by atomic mass is 10.1. The van der Waals surface area contributed by atoms with Gasteiger partial charge in [0.25, 0.3) is 0 Å². The smallest absolute Gasteiger partial charge is 0.322 e. The molecule has 2 atom stereocenters. The standard InChI is InChI=1S/C39H78N2O8S/c1-3-5-7-9-11-13-15-17-19-21-25-47-33-36(49-26-22-20-18-16-14-12-10-8-6-4-2)35-50-32-23-38(42)41-24-27-45-28-29-46-30-31-48-34-37(40)39(43)44/h36-37H,3-35,40H2,1-2H3,(H,41,42)(H,43,44). The number of aliphatic carboxylic acids is 1. The van der Waals surface area contributed by atoms with E-state index in [2.05, 4.69) is 19.2 Å². The number of amides is 1. The van der Waals surface area contributed by atoms with Crippen LogP contribution in [0.1, 0.15) is 149 Å². The van der Waals surface area contributed by atoms with Gasteiger partial charge in [-0.15, -0.1) is 0 Å². The first-order valence-electron chi connectivity index (χ1n) is 20.3. The predicted octanol–water partition coefficient (Wildman–Crippen LogP) is 7.93. The van der Waals surface area contributed by atoms with E-state index in [4.69, 9.17) is 34.5 Å². The van der Waals surface area contributed by atoms with Crippen LogP contribution in [0.4, 0.5) is 0 Å². The largest absolute Gasteiger partial charge is 0.480 e. The normalized spacial score (nSPS) is 12.7. The van der Waals surface area contributed by atoms with Gasteiger partial charge in [-0.25, -0.2) is 0 Å². The summed E-state index contributed by atoms with van der Waals surface area (Å²) in [5, 5.41) is 11.6. The van der Waals surface area contributed by atoms with Crippen LogP contribution in [-0.2, 0) is 33.3 Å². The minimum Gasteiger partial charge on any atom is -0.480 e. The lowest BCUT2D eigenvalue weighted by Gasteiger charge is -2.18. The van der Waals surface area contributed by atoms with Crippen LogP contribution >= 0.6 is 11.8 Å². The van der Waals surface area contributed by atoms with Gasteiger partial charge in [0.2, 0.25) is 5.91 Å². The molecule has 0 fully saturated rings. The molecule has 0 saturated carbocycles. The molecule has 0 bridgehead atoms. The van der Waals surface area contributed by atoms with Crippen LogP contribution in [0, 0.1) is 0 Å². The number of carbonyl (C=O) groups is 2. The Bertz CT molecular complexity index is 722. The van der Waals surface area contributed by atoms with Gasteiger partial charge in [0.05, 0.1) is 52.4 Å². The van der Waals surface area contributed by atoms with Gasteiger partial charge in [-0.2, -0.15) is 11.8 Å². The summed E-state index contributed by atoms with van der Waals surface area (Å²) in [6.07, 6.45) is 26.9. The molecule has 0 aromatic carbocycles. The van der Waals surface area contributed by atoms with Gasteiger partial charge in [-0.1, -0.05) is 129 Å². The van der Waals surface area contributed by atoms with Gasteiger partial charge in [0.15, 0.2) is 0 Å². The summed E-state index contributed by atoms with van der Waals surface area (Å²) in [6.45, 7) is 8.97. The van der Waals surface area contributed by atoms with E-state index in [1.165, 1.54) is 116 Å². The van der Waals surface area contributed by atoms with Gasteiger partial charge in [0, 0.05) is 37.7 Å². The Kier molecular flexibility index (Phi) is 40.0. The van der Waals surface area contributed by atoms with Gasteiger partial charge in [-0.05, 0) is 12.8 Å². The van der Waals surface area contributed by atoms with Gasteiger partial charge in [0.1, 0.15) is 6.04 Å². The molecular formula is C39H78N2O8S. The first-order valence-corrected chi connectivity index (χ1v) is 21.4. The van der Waals surface area contributed by atoms with E-state index in [0.29, 0.717) is 46.0 Å². The number of thioether (sulfide) groups is 1. The highest BCUT2D eigenvalue weighted by Gasteiger charge is 2.12. The van der Waals surface area contributed by atoms with Gasteiger partial charge < -0.3 is 39.8 Å². The maximum absolute atomic E-state index is 12.3. The van der Waals surface area contributed by atoms with Crippen molar-refractivity contribution in [3.63, 3.8) is 0 Å². The minimum absolute atomic E-state index is 0.0223. The zero-order valence-electron chi connectivity index (χ0n) is 32.3. The second-order valence-corrected chi connectivity index (χ2v) is 14.5. The lowest BCUT2D eigenvalue weighted by Crippen LogP contribution is -2.35. The van der Waals surface area contributed by atoms with Crippen LogP contribution < -0.4 is 11.1 Å². The molecule has 50 heavy (non-hydrogen) atoms. The number of nitrogens with two attached hydrogens (primary N) is 1. The fourth-order valence-corrected chi connectivity index (χ4v) is 6.29. The highest BCUT2D eigenvalue weighted by molar-refractivity contribution is 7.99. The molecule has 11 heteroatoms. The second kappa shape index (κ2) is 40.8. The van der Waals surface area contributed by atoms with Crippen molar-refractivity contribution in [2.45, 2.75) is 161 Å². The number of carboxylic acid groups (broad SMARTS) is 1. The number of carboxylic acids is 1. The third-order valence-corrected chi connectivity index (χ3v) is 9.60. The third-order valence-electron chi connectivity index (χ3n) is 8.50. The van der Waals surface area contributed by atoms with E-state index in [-0.39, 0.29) is 25.2 Å². The molecule has 0 spiro atoms. The van der Waals surface area contributed by atoms with E-state index in [1.807, 2.05) is 0 Å². The average molecular weight is 735 g/mol. The molecule has 4 N–H and O–H groups in total. The molecule has 1 amide bonds. The second-order valence-electron chi connectivity index (χ2n) is 13.4. The predicted molar refractivity (Wildman–Crippen MR) is 207 cm³/mol. The summed E-state index contributed by atoms with van der Waals surface area (Å²) >= 11 is 1.76. The van der Waals surface area contributed by atoms with Crippen molar-refractivity contribution in [2.24, 2.45) is 5.73 Å². The van der Waals surface area contributed by atoms with Crippen LogP contribution in [0.15, 0.2) is 0 Å². The molecule has 0 saturated heterocycles. The first kappa shape index (κ1) is 49.0. The van der Waals surface area contributed by atoms with Gasteiger partial charge >= 0.3 is 5.97 Å².